The van der Waals surface area contributed by atoms with Crippen molar-refractivity contribution in [1.29, 1.82) is 0 Å². The third-order valence-corrected chi connectivity index (χ3v) is 4.26. The third-order valence-electron chi connectivity index (χ3n) is 4.26. The van der Waals surface area contributed by atoms with Crippen LogP contribution in [0.1, 0.15) is 30.4 Å². The van der Waals surface area contributed by atoms with Crippen molar-refractivity contribution in [2.24, 2.45) is 0 Å². The lowest BCUT2D eigenvalue weighted by Crippen LogP contribution is -2.35. The number of benzene rings is 1. The maximum absolute atomic E-state index is 12.9. The first-order valence-corrected chi connectivity index (χ1v) is 8.67. The van der Waals surface area contributed by atoms with Crippen LogP contribution in [0.4, 0.5) is 4.39 Å². The number of halogens is 1. The van der Waals surface area contributed by atoms with Crippen molar-refractivity contribution in [3.63, 3.8) is 0 Å². The van der Waals surface area contributed by atoms with Crippen LogP contribution in [0.25, 0.3) is 0 Å². The molecule has 1 aromatic carbocycles. The van der Waals surface area contributed by atoms with E-state index in [0.29, 0.717) is 18.1 Å². The zero-order valence-corrected chi connectivity index (χ0v) is 15.1. The molecule has 1 unspecified atom stereocenters. The molecule has 138 valence electrons. The van der Waals surface area contributed by atoms with Crippen molar-refractivity contribution < 1.29 is 13.9 Å². The number of amides is 1. The average Bonchev–Trinajstić information content (AvgIpc) is 3.10. The molecule has 7 heteroatoms. The Balaban J connectivity index is 1.65. The van der Waals surface area contributed by atoms with Gasteiger partial charge >= 0.3 is 0 Å². The molecular weight excluding hydrogens is 335 g/mol. The summed E-state index contributed by atoms with van der Waals surface area (Å²) in [4.78, 5) is 25.4. The first-order chi connectivity index (χ1) is 12.5. The first kappa shape index (κ1) is 18.3. The fraction of sp³-hybridized carbons (Fsp3) is 0.421. The Morgan fingerprint density at radius 1 is 1.31 bits per heavy atom. The number of aromatic nitrogens is 2. The average molecular weight is 358 g/mol. The van der Waals surface area contributed by atoms with Gasteiger partial charge in [-0.1, -0.05) is 0 Å². The van der Waals surface area contributed by atoms with Crippen LogP contribution < -0.4 is 4.74 Å². The molecule has 0 spiro atoms. The molecule has 1 saturated heterocycles. The standard InChI is InChI=1S/C19H23FN4O2/c1-23(2)12-15-9-10-21-19(22-15)17-4-3-11-24(17)18(25)13-26-16-7-5-14(20)6-8-16/h5-10,17H,3-4,11-13H2,1-2H3. The minimum atomic E-state index is -0.335. The minimum absolute atomic E-state index is 0.0838. The van der Waals surface area contributed by atoms with Gasteiger partial charge in [0.15, 0.2) is 12.4 Å². The van der Waals surface area contributed by atoms with E-state index < -0.39 is 0 Å². The number of carbonyl (C=O) groups excluding carboxylic acids is 1. The molecule has 6 nitrogen and oxygen atoms in total. The maximum Gasteiger partial charge on any atom is 0.261 e. The van der Waals surface area contributed by atoms with Gasteiger partial charge in [0.2, 0.25) is 0 Å². The van der Waals surface area contributed by atoms with E-state index in [2.05, 4.69) is 9.97 Å². The normalized spacial score (nSPS) is 16.9. The fourth-order valence-electron chi connectivity index (χ4n) is 3.08. The summed E-state index contributed by atoms with van der Waals surface area (Å²) in [6.45, 7) is 1.31. The molecule has 0 saturated carbocycles. The van der Waals surface area contributed by atoms with Crippen molar-refractivity contribution in [2.75, 3.05) is 27.2 Å². The number of rotatable bonds is 6. The summed E-state index contributed by atoms with van der Waals surface area (Å²) in [6.07, 6.45) is 3.50. The number of likely N-dealkylation sites (tertiary alicyclic amines) is 1. The molecule has 3 rings (SSSR count). The van der Waals surface area contributed by atoms with Gasteiger partial charge in [0.25, 0.3) is 5.91 Å². The molecule has 1 amide bonds. The van der Waals surface area contributed by atoms with E-state index in [9.17, 15) is 9.18 Å². The lowest BCUT2D eigenvalue weighted by Gasteiger charge is -2.24. The van der Waals surface area contributed by atoms with E-state index in [1.807, 2.05) is 25.1 Å². The molecule has 1 atom stereocenters. The second-order valence-electron chi connectivity index (χ2n) is 6.63. The van der Waals surface area contributed by atoms with Crippen LogP contribution in [0.5, 0.6) is 5.75 Å². The SMILES string of the molecule is CN(C)Cc1ccnc(C2CCCN2C(=O)COc2ccc(F)cc2)n1. The van der Waals surface area contributed by atoms with Gasteiger partial charge in [0.05, 0.1) is 11.7 Å². The van der Waals surface area contributed by atoms with E-state index in [-0.39, 0.29) is 24.4 Å². The van der Waals surface area contributed by atoms with Gasteiger partial charge in [0.1, 0.15) is 11.6 Å². The molecule has 1 aromatic heterocycles. The lowest BCUT2D eigenvalue weighted by molar-refractivity contribution is -0.134. The van der Waals surface area contributed by atoms with E-state index in [0.717, 1.165) is 25.1 Å². The van der Waals surface area contributed by atoms with Gasteiger partial charge in [-0.05, 0) is 57.3 Å². The molecular formula is C19H23FN4O2. The van der Waals surface area contributed by atoms with E-state index in [1.165, 1.54) is 24.3 Å². The summed E-state index contributed by atoms with van der Waals surface area (Å²) >= 11 is 0. The van der Waals surface area contributed by atoms with Crippen LogP contribution in [-0.4, -0.2) is 52.9 Å². The minimum Gasteiger partial charge on any atom is -0.484 e. The monoisotopic (exact) mass is 358 g/mol. The summed E-state index contributed by atoms with van der Waals surface area (Å²) in [5.41, 5.74) is 0.932. The Bertz CT molecular complexity index is 751. The lowest BCUT2D eigenvalue weighted by atomic mass is 10.2. The first-order valence-electron chi connectivity index (χ1n) is 8.67. The molecule has 0 N–H and O–H groups in total. The van der Waals surface area contributed by atoms with Crippen molar-refractivity contribution in [3.8, 4) is 5.75 Å². The number of nitrogens with zero attached hydrogens (tertiary/aromatic N) is 4. The maximum atomic E-state index is 12.9. The predicted molar refractivity (Wildman–Crippen MR) is 95.0 cm³/mol. The van der Waals surface area contributed by atoms with Gasteiger partial charge in [-0.3, -0.25) is 4.79 Å². The Hall–Kier alpha value is -2.54. The van der Waals surface area contributed by atoms with Gasteiger partial charge in [-0.25, -0.2) is 14.4 Å². The summed E-state index contributed by atoms with van der Waals surface area (Å²) in [5, 5.41) is 0. The van der Waals surface area contributed by atoms with Gasteiger partial charge in [0, 0.05) is 19.3 Å². The zero-order chi connectivity index (χ0) is 18.5. The number of ether oxygens (including phenoxy) is 1. The van der Waals surface area contributed by atoms with Crippen LogP contribution in [-0.2, 0) is 11.3 Å². The second-order valence-corrected chi connectivity index (χ2v) is 6.63. The Kier molecular flexibility index (Phi) is 5.78. The Morgan fingerprint density at radius 2 is 2.08 bits per heavy atom. The van der Waals surface area contributed by atoms with Crippen LogP contribution >= 0.6 is 0 Å². The zero-order valence-electron chi connectivity index (χ0n) is 15.1. The molecule has 1 aliphatic rings. The molecule has 0 bridgehead atoms. The van der Waals surface area contributed by atoms with Crippen molar-refractivity contribution >= 4 is 5.91 Å². The quantitative estimate of drug-likeness (QED) is 0.794. The van der Waals surface area contributed by atoms with E-state index in [4.69, 9.17) is 4.74 Å². The second kappa shape index (κ2) is 8.23. The highest BCUT2D eigenvalue weighted by Crippen LogP contribution is 2.30. The topological polar surface area (TPSA) is 58.6 Å². The third kappa shape index (κ3) is 4.54. The molecule has 0 aliphatic carbocycles. The number of carbonyl (C=O) groups is 1. The molecule has 1 fully saturated rings. The van der Waals surface area contributed by atoms with Gasteiger partial charge in [-0.15, -0.1) is 0 Å². The number of hydrogen-bond donors (Lipinski definition) is 0. The predicted octanol–water partition coefficient (Wildman–Crippen LogP) is 2.42. The van der Waals surface area contributed by atoms with Crippen molar-refractivity contribution in [1.82, 2.24) is 19.8 Å². The Labute approximate surface area is 152 Å². The van der Waals surface area contributed by atoms with Gasteiger partial charge in [-0.2, -0.15) is 0 Å². The molecule has 0 radical (unpaired) electrons. The Morgan fingerprint density at radius 3 is 2.81 bits per heavy atom. The largest absolute Gasteiger partial charge is 0.484 e. The molecule has 26 heavy (non-hydrogen) atoms. The highest BCUT2D eigenvalue weighted by Gasteiger charge is 2.32. The molecule has 1 aliphatic heterocycles. The molecule has 2 aromatic rings. The number of hydrogen-bond acceptors (Lipinski definition) is 5. The summed E-state index contributed by atoms with van der Waals surface area (Å²) in [6, 6.07) is 7.41. The van der Waals surface area contributed by atoms with Crippen LogP contribution in [0.2, 0.25) is 0 Å². The summed E-state index contributed by atoms with van der Waals surface area (Å²) < 4.78 is 18.4. The highest BCUT2D eigenvalue weighted by molar-refractivity contribution is 5.78. The van der Waals surface area contributed by atoms with Gasteiger partial charge < -0.3 is 14.5 Å². The van der Waals surface area contributed by atoms with Crippen molar-refractivity contribution in [3.05, 3.63) is 53.9 Å². The van der Waals surface area contributed by atoms with Crippen LogP contribution in [0.15, 0.2) is 36.5 Å². The van der Waals surface area contributed by atoms with Crippen LogP contribution in [0, 0.1) is 5.82 Å². The smallest absolute Gasteiger partial charge is 0.261 e. The fourth-order valence-corrected chi connectivity index (χ4v) is 3.08. The highest BCUT2D eigenvalue weighted by atomic mass is 19.1. The summed E-state index contributed by atoms with van der Waals surface area (Å²) in [7, 11) is 3.97. The van der Waals surface area contributed by atoms with E-state index in [1.54, 1.807) is 11.1 Å². The van der Waals surface area contributed by atoms with Crippen LogP contribution in [0.3, 0.4) is 0 Å². The molecule has 2 heterocycles. The van der Waals surface area contributed by atoms with E-state index >= 15 is 0 Å². The van der Waals surface area contributed by atoms with Crippen molar-refractivity contribution in [2.45, 2.75) is 25.4 Å². The summed E-state index contributed by atoms with van der Waals surface area (Å²) in [5.74, 6) is 0.702.